The Hall–Kier alpha value is -1.81. The normalized spacial score (nSPS) is 23.1. The third-order valence-corrected chi connectivity index (χ3v) is 4.83. The fourth-order valence-electron chi connectivity index (χ4n) is 3.63. The van der Waals surface area contributed by atoms with E-state index in [1.807, 2.05) is 19.9 Å². The van der Waals surface area contributed by atoms with Gasteiger partial charge in [-0.25, -0.2) is 0 Å². The largest absolute Gasteiger partial charge is 0.504 e. The van der Waals surface area contributed by atoms with Gasteiger partial charge in [0.1, 0.15) is 0 Å². The molecule has 1 aromatic carbocycles. The van der Waals surface area contributed by atoms with Crippen molar-refractivity contribution in [1.82, 2.24) is 0 Å². The summed E-state index contributed by atoms with van der Waals surface area (Å²) in [5.41, 5.74) is 7.20. The third-order valence-electron chi connectivity index (χ3n) is 4.83. The first-order valence-electron chi connectivity index (χ1n) is 9.43. The van der Waals surface area contributed by atoms with Crippen LogP contribution in [-0.2, 0) is 11.2 Å². The van der Waals surface area contributed by atoms with Crippen LogP contribution in [0.2, 0.25) is 0 Å². The summed E-state index contributed by atoms with van der Waals surface area (Å²) in [5, 5.41) is 10.0. The van der Waals surface area contributed by atoms with E-state index in [0.29, 0.717) is 24.6 Å². The molecule has 0 aromatic heterocycles. The lowest BCUT2D eigenvalue weighted by molar-refractivity contribution is -0.129. The molecule has 1 fully saturated rings. The van der Waals surface area contributed by atoms with Gasteiger partial charge in [0, 0.05) is 24.4 Å². The molecule has 1 aliphatic carbocycles. The lowest BCUT2D eigenvalue weighted by Gasteiger charge is -2.31. The summed E-state index contributed by atoms with van der Waals surface area (Å²) < 4.78 is 5.83. The molecule has 3 rings (SSSR count). The molecule has 3 N–H and O–H groups in total. The average molecular weight is 347 g/mol. The summed E-state index contributed by atoms with van der Waals surface area (Å²) in [5.74, 6) is 1.54. The van der Waals surface area contributed by atoms with Crippen LogP contribution in [-0.4, -0.2) is 23.5 Å². The van der Waals surface area contributed by atoms with Gasteiger partial charge in [-0.3, -0.25) is 4.79 Å². The van der Waals surface area contributed by atoms with E-state index in [-0.39, 0.29) is 23.6 Å². The van der Waals surface area contributed by atoms with E-state index in [1.165, 1.54) is 5.56 Å². The van der Waals surface area contributed by atoms with Gasteiger partial charge in [0.2, 0.25) is 0 Å². The number of hydrogen-bond donors (Lipinski definition) is 2. The lowest BCUT2D eigenvalue weighted by Crippen LogP contribution is -2.37. The van der Waals surface area contributed by atoms with Gasteiger partial charge >= 0.3 is 0 Å². The zero-order valence-electron chi connectivity index (χ0n) is 16.0. The molecule has 0 spiro atoms. The third kappa shape index (κ3) is 4.43. The van der Waals surface area contributed by atoms with Crippen LogP contribution in [0.3, 0.4) is 0 Å². The molecule has 4 nitrogen and oxygen atoms in total. The average Bonchev–Trinajstić information content (AvgIpc) is 3.07. The molecule has 140 valence electrons. The monoisotopic (exact) mass is 347 g/mol. The van der Waals surface area contributed by atoms with Gasteiger partial charge in [-0.2, -0.15) is 0 Å². The van der Waals surface area contributed by atoms with Crippen LogP contribution in [0.4, 0.5) is 0 Å². The number of fused-ring (bicyclic) bond motifs is 3. The molecule has 3 atom stereocenters. The van der Waals surface area contributed by atoms with Crippen molar-refractivity contribution in [3.63, 3.8) is 0 Å². The van der Waals surface area contributed by atoms with E-state index < -0.39 is 0 Å². The van der Waals surface area contributed by atoms with Crippen LogP contribution in [0.5, 0.6) is 11.5 Å². The maximum absolute atomic E-state index is 12.1. The number of aromatic hydroxyl groups is 1. The SMILES string of the molecule is C=CCN.CC.CCc1ccc(O)c2c1C1C(CC)CCC(=O)C1O2. The minimum Gasteiger partial charge on any atom is -0.504 e. The number of hydrogen-bond acceptors (Lipinski definition) is 4. The minimum atomic E-state index is -0.368. The number of aryl methyl sites for hydroxylation is 1. The van der Waals surface area contributed by atoms with E-state index in [1.54, 1.807) is 12.1 Å². The van der Waals surface area contributed by atoms with Crippen molar-refractivity contribution in [3.8, 4) is 11.5 Å². The van der Waals surface area contributed by atoms with E-state index in [0.717, 1.165) is 24.8 Å². The highest BCUT2D eigenvalue weighted by Gasteiger charge is 2.47. The molecule has 1 heterocycles. The van der Waals surface area contributed by atoms with Crippen molar-refractivity contribution < 1.29 is 14.6 Å². The van der Waals surface area contributed by atoms with Gasteiger partial charge in [0.25, 0.3) is 0 Å². The second-order valence-corrected chi connectivity index (χ2v) is 6.10. The first-order chi connectivity index (χ1) is 12.1. The van der Waals surface area contributed by atoms with Crippen LogP contribution >= 0.6 is 0 Å². The molecule has 1 aromatic rings. The number of Topliss-reactive ketones (excluding diaryl/α,β-unsaturated/α-hetero) is 1. The summed E-state index contributed by atoms with van der Waals surface area (Å²) in [6.45, 7) is 12.2. The summed E-state index contributed by atoms with van der Waals surface area (Å²) in [7, 11) is 0. The lowest BCUT2D eigenvalue weighted by atomic mass is 9.72. The second-order valence-electron chi connectivity index (χ2n) is 6.10. The number of phenolic OH excluding ortho intramolecular Hbond substituents is 1. The fourth-order valence-corrected chi connectivity index (χ4v) is 3.63. The number of phenols is 1. The van der Waals surface area contributed by atoms with Gasteiger partial charge in [-0.1, -0.05) is 46.3 Å². The van der Waals surface area contributed by atoms with Crippen LogP contribution in [0.25, 0.3) is 0 Å². The van der Waals surface area contributed by atoms with Crippen molar-refractivity contribution in [2.45, 2.75) is 65.4 Å². The number of benzene rings is 1. The summed E-state index contributed by atoms with van der Waals surface area (Å²) in [6.07, 6.45) is 4.79. The first kappa shape index (κ1) is 21.2. The molecule has 1 saturated carbocycles. The molecule has 4 heteroatoms. The standard InChI is InChI=1S/C16H20O3.C3H7N.C2H6/c1-3-9-5-7-11(17)15-13(9)14-10(4-2)6-8-12(18)16(14)19-15;1-2-3-4;1-2/h5,7,10,14,16-17H,3-4,6,8H2,1-2H3;2H,1,3-4H2;1-2H3. The van der Waals surface area contributed by atoms with Crippen LogP contribution < -0.4 is 10.5 Å². The molecule has 0 bridgehead atoms. The Balaban J connectivity index is 0.000000461. The maximum atomic E-state index is 12.1. The summed E-state index contributed by atoms with van der Waals surface area (Å²) in [4.78, 5) is 12.1. The quantitative estimate of drug-likeness (QED) is 0.798. The van der Waals surface area contributed by atoms with Crippen molar-refractivity contribution in [3.05, 3.63) is 35.9 Å². The molecular formula is C21H33NO3. The van der Waals surface area contributed by atoms with Crippen molar-refractivity contribution in [2.75, 3.05) is 6.54 Å². The molecule has 0 saturated heterocycles. The van der Waals surface area contributed by atoms with Crippen LogP contribution in [0, 0.1) is 5.92 Å². The Morgan fingerprint density at radius 1 is 1.36 bits per heavy atom. The molecule has 2 aliphatic rings. The number of carbonyl (C=O) groups is 1. The first-order valence-corrected chi connectivity index (χ1v) is 9.43. The molecule has 0 amide bonds. The molecule has 0 radical (unpaired) electrons. The predicted octanol–water partition coefficient (Wildman–Crippen LogP) is 4.35. The minimum absolute atomic E-state index is 0.142. The Labute approximate surface area is 152 Å². The van der Waals surface area contributed by atoms with Gasteiger partial charge in [0.15, 0.2) is 23.4 Å². The smallest absolute Gasteiger partial charge is 0.173 e. The second kappa shape index (κ2) is 10.2. The summed E-state index contributed by atoms with van der Waals surface area (Å²) in [6, 6.07) is 3.64. The number of ketones is 1. The number of ether oxygens (including phenoxy) is 1. The highest BCUT2D eigenvalue weighted by Crippen LogP contribution is 2.52. The Morgan fingerprint density at radius 3 is 2.52 bits per heavy atom. The maximum Gasteiger partial charge on any atom is 0.173 e. The van der Waals surface area contributed by atoms with Crippen molar-refractivity contribution >= 4 is 5.78 Å². The Kier molecular flexibility index (Phi) is 8.70. The molecule has 1 aliphatic heterocycles. The topological polar surface area (TPSA) is 72.5 Å². The predicted molar refractivity (Wildman–Crippen MR) is 103 cm³/mol. The number of nitrogens with two attached hydrogens (primary N) is 1. The van der Waals surface area contributed by atoms with Gasteiger partial charge in [0.05, 0.1) is 0 Å². The zero-order valence-corrected chi connectivity index (χ0v) is 16.0. The highest BCUT2D eigenvalue weighted by molar-refractivity contribution is 5.87. The van der Waals surface area contributed by atoms with Crippen LogP contribution in [0.1, 0.15) is 64.0 Å². The van der Waals surface area contributed by atoms with Crippen molar-refractivity contribution in [2.24, 2.45) is 11.7 Å². The van der Waals surface area contributed by atoms with Gasteiger partial charge in [-0.05, 0) is 30.4 Å². The molecule has 25 heavy (non-hydrogen) atoms. The van der Waals surface area contributed by atoms with E-state index >= 15 is 0 Å². The van der Waals surface area contributed by atoms with Crippen molar-refractivity contribution in [1.29, 1.82) is 0 Å². The molecular weight excluding hydrogens is 314 g/mol. The van der Waals surface area contributed by atoms with Gasteiger partial charge < -0.3 is 15.6 Å². The van der Waals surface area contributed by atoms with E-state index in [9.17, 15) is 9.90 Å². The highest BCUT2D eigenvalue weighted by atomic mass is 16.5. The zero-order chi connectivity index (χ0) is 19.0. The summed E-state index contributed by atoms with van der Waals surface area (Å²) >= 11 is 0. The van der Waals surface area contributed by atoms with E-state index in [2.05, 4.69) is 20.4 Å². The van der Waals surface area contributed by atoms with Crippen LogP contribution in [0.15, 0.2) is 24.8 Å². The number of rotatable bonds is 3. The van der Waals surface area contributed by atoms with Gasteiger partial charge in [-0.15, -0.1) is 6.58 Å². The molecule has 3 unspecified atom stereocenters. The fraction of sp³-hybridized carbons (Fsp3) is 0.571. The van der Waals surface area contributed by atoms with E-state index in [4.69, 9.17) is 10.5 Å². The Bertz CT molecular complexity index is 583. The number of carbonyl (C=O) groups excluding carboxylic acids is 1. The Morgan fingerprint density at radius 2 is 2.00 bits per heavy atom.